The van der Waals surface area contributed by atoms with Crippen LogP contribution in [0, 0.1) is 10.1 Å². The lowest BCUT2D eigenvalue weighted by molar-refractivity contribution is -0.385. The average Bonchev–Trinajstić information content (AvgIpc) is 2.88. The van der Waals surface area contributed by atoms with Gasteiger partial charge in [0.1, 0.15) is 23.3 Å². The molecule has 8 heteroatoms. The Balaban J connectivity index is 2.18. The van der Waals surface area contributed by atoms with Crippen molar-refractivity contribution >= 4 is 11.6 Å². The summed E-state index contributed by atoms with van der Waals surface area (Å²) in [6, 6.07) is 4.81. The Hall–Kier alpha value is -2.90. The van der Waals surface area contributed by atoms with E-state index >= 15 is 0 Å². The average molecular weight is 263 g/mol. The van der Waals surface area contributed by atoms with Gasteiger partial charge in [-0.2, -0.15) is 0 Å². The summed E-state index contributed by atoms with van der Waals surface area (Å²) in [5, 5.41) is 26.1. The number of nitro groups is 1. The van der Waals surface area contributed by atoms with Crippen LogP contribution in [0.1, 0.15) is 16.1 Å². The minimum Gasteiger partial charge on any atom is -0.508 e. The maximum Gasteiger partial charge on any atom is 0.282 e. The minimum atomic E-state index is -0.690. The molecule has 1 amide bonds. The van der Waals surface area contributed by atoms with Gasteiger partial charge in [-0.15, -0.1) is 0 Å². The molecule has 2 rings (SSSR count). The number of phenolic OH excluding ortho intramolecular Hbond substituents is 1. The predicted molar refractivity (Wildman–Crippen MR) is 62.4 cm³/mol. The van der Waals surface area contributed by atoms with Crippen LogP contribution in [0.15, 0.2) is 35.1 Å². The van der Waals surface area contributed by atoms with Crippen LogP contribution >= 0.6 is 0 Å². The molecule has 0 bridgehead atoms. The zero-order valence-corrected chi connectivity index (χ0v) is 9.57. The highest BCUT2D eigenvalue weighted by Gasteiger charge is 2.20. The van der Waals surface area contributed by atoms with E-state index in [-0.39, 0.29) is 23.5 Å². The van der Waals surface area contributed by atoms with Crippen LogP contribution in [-0.4, -0.2) is 21.1 Å². The number of aromatic hydroxyl groups is 1. The van der Waals surface area contributed by atoms with Gasteiger partial charge in [0.25, 0.3) is 11.6 Å². The molecular formula is C11H9N3O5. The third-order valence-corrected chi connectivity index (χ3v) is 2.34. The van der Waals surface area contributed by atoms with E-state index in [1.165, 1.54) is 6.26 Å². The summed E-state index contributed by atoms with van der Waals surface area (Å²) in [6.07, 6.45) is 1.35. The largest absolute Gasteiger partial charge is 0.508 e. The number of nitrogens with zero attached hydrogens (tertiary/aromatic N) is 2. The van der Waals surface area contributed by atoms with Crippen molar-refractivity contribution in [3.05, 3.63) is 51.9 Å². The lowest BCUT2D eigenvalue weighted by Gasteiger charge is -2.04. The zero-order valence-electron chi connectivity index (χ0n) is 9.57. The van der Waals surface area contributed by atoms with Gasteiger partial charge in [-0.3, -0.25) is 14.9 Å². The number of carbonyl (C=O) groups excluding carboxylic acids is 1. The first kappa shape index (κ1) is 12.6. The Morgan fingerprint density at radius 3 is 2.89 bits per heavy atom. The molecule has 98 valence electrons. The number of hydrogen-bond acceptors (Lipinski definition) is 6. The molecule has 0 unspecified atom stereocenters. The number of nitro benzene ring substituents is 1. The Labute approximate surface area is 106 Å². The first-order valence-electron chi connectivity index (χ1n) is 5.23. The van der Waals surface area contributed by atoms with Gasteiger partial charge in [0.2, 0.25) is 0 Å². The van der Waals surface area contributed by atoms with Crippen LogP contribution in [0.3, 0.4) is 0 Å². The first-order chi connectivity index (χ1) is 9.08. The molecule has 19 heavy (non-hydrogen) atoms. The molecular weight excluding hydrogens is 254 g/mol. The van der Waals surface area contributed by atoms with E-state index in [4.69, 9.17) is 0 Å². The van der Waals surface area contributed by atoms with Gasteiger partial charge in [0.05, 0.1) is 11.5 Å². The fourth-order valence-corrected chi connectivity index (χ4v) is 1.46. The fourth-order valence-electron chi connectivity index (χ4n) is 1.46. The number of phenols is 1. The summed E-state index contributed by atoms with van der Waals surface area (Å²) in [6.45, 7) is 0.0716. The summed E-state index contributed by atoms with van der Waals surface area (Å²) in [5.41, 5.74) is -0.111. The molecule has 0 saturated carbocycles. The third-order valence-electron chi connectivity index (χ3n) is 2.34. The van der Waals surface area contributed by atoms with Crippen molar-refractivity contribution in [2.45, 2.75) is 6.54 Å². The summed E-state index contributed by atoms with van der Waals surface area (Å²) >= 11 is 0. The lowest BCUT2D eigenvalue weighted by atomic mass is 10.1. The van der Waals surface area contributed by atoms with E-state index in [9.17, 15) is 20.0 Å². The second-order valence-electron chi connectivity index (χ2n) is 3.63. The number of amides is 1. The van der Waals surface area contributed by atoms with Crippen molar-refractivity contribution < 1.29 is 19.3 Å². The molecule has 0 radical (unpaired) electrons. The van der Waals surface area contributed by atoms with Crippen molar-refractivity contribution in [3.8, 4) is 5.75 Å². The van der Waals surface area contributed by atoms with Gasteiger partial charge >= 0.3 is 0 Å². The fraction of sp³-hybridized carbons (Fsp3) is 0.0909. The number of hydrogen-bond donors (Lipinski definition) is 2. The Morgan fingerprint density at radius 2 is 2.26 bits per heavy atom. The standard InChI is InChI=1S/C11H9N3O5/c15-8-1-2-10(14(17)18)9(5-8)11(16)12-6-7-3-4-19-13-7/h1-5,15H,6H2,(H,12,16). The highest BCUT2D eigenvalue weighted by molar-refractivity contribution is 5.98. The van der Waals surface area contributed by atoms with Crippen molar-refractivity contribution in [1.82, 2.24) is 10.5 Å². The molecule has 8 nitrogen and oxygen atoms in total. The van der Waals surface area contributed by atoms with Gasteiger partial charge < -0.3 is 14.9 Å². The normalized spacial score (nSPS) is 10.1. The molecule has 1 aromatic heterocycles. The second-order valence-corrected chi connectivity index (χ2v) is 3.63. The molecule has 2 aromatic rings. The summed E-state index contributed by atoms with van der Waals surface area (Å²) < 4.78 is 4.58. The molecule has 1 aromatic carbocycles. The van der Waals surface area contributed by atoms with Crippen molar-refractivity contribution in [2.75, 3.05) is 0 Å². The maximum atomic E-state index is 11.8. The molecule has 0 aliphatic heterocycles. The van der Waals surface area contributed by atoms with Gasteiger partial charge in [-0.25, -0.2) is 0 Å². The number of aromatic nitrogens is 1. The van der Waals surface area contributed by atoms with Crippen molar-refractivity contribution in [2.24, 2.45) is 0 Å². The van der Waals surface area contributed by atoms with E-state index in [1.807, 2.05) is 0 Å². The first-order valence-corrected chi connectivity index (χ1v) is 5.23. The SMILES string of the molecule is O=C(NCc1ccon1)c1cc(O)ccc1[N+](=O)[O-]. The number of carbonyl (C=O) groups is 1. The van der Waals surface area contributed by atoms with E-state index in [0.717, 1.165) is 18.2 Å². The minimum absolute atomic E-state index is 0.0716. The Kier molecular flexibility index (Phi) is 3.42. The highest BCUT2D eigenvalue weighted by Crippen LogP contribution is 2.23. The smallest absolute Gasteiger partial charge is 0.282 e. The van der Waals surface area contributed by atoms with Crippen LogP contribution in [0.25, 0.3) is 0 Å². The Morgan fingerprint density at radius 1 is 1.47 bits per heavy atom. The molecule has 0 aliphatic carbocycles. The van der Waals surface area contributed by atoms with Crippen LogP contribution in [0.4, 0.5) is 5.69 Å². The number of benzene rings is 1. The monoisotopic (exact) mass is 263 g/mol. The lowest BCUT2D eigenvalue weighted by Crippen LogP contribution is -2.23. The highest BCUT2D eigenvalue weighted by atomic mass is 16.6. The van der Waals surface area contributed by atoms with Gasteiger partial charge in [-0.05, 0) is 12.1 Å². The molecule has 0 saturated heterocycles. The zero-order chi connectivity index (χ0) is 13.8. The molecule has 2 N–H and O–H groups in total. The maximum absolute atomic E-state index is 11.8. The van der Waals surface area contributed by atoms with Crippen LogP contribution in [0.2, 0.25) is 0 Å². The Bertz CT molecular complexity index is 609. The molecule has 0 spiro atoms. The van der Waals surface area contributed by atoms with E-state index in [2.05, 4.69) is 15.0 Å². The van der Waals surface area contributed by atoms with E-state index < -0.39 is 10.8 Å². The number of nitrogens with one attached hydrogen (secondary N) is 1. The van der Waals surface area contributed by atoms with Crippen molar-refractivity contribution in [1.29, 1.82) is 0 Å². The predicted octanol–water partition coefficient (Wildman–Crippen LogP) is 1.22. The van der Waals surface area contributed by atoms with Crippen molar-refractivity contribution in [3.63, 3.8) is 0 Å². The van der Waals surface area contributed by atoms with Gasteiger partial charge in [0, 0.05) is 12.1 Å². The van der Waals surface area contributed by atoms with Gasteiger partial charge in [-0.1, -0.05) is 5.16 Å². The van der Waals surface area contributed by atoms with Crippen LogP contribution in [-0.2, 0) is 6.54 Å². The topological polar surface area (TPSA) is 118 Å². The van der Waals surface area contributed by atoms with Crippen LogP contribution < -0.4 is 5.32 Å². The number of rotatable bonds is 4. The molecule has 0 aliphatic rings. The van der Waals surface area contributed by atoms with Gasteiger partial charge in [0.15, 0.2) is 0 Å². The molecule has 1 heterocycles. The third kappa shape index (κ3) is 2.86. The summed E-state index contributed by atoms with van der Waals surface area (Å²) in [7, 11) is 0. The second kappa shape index (κ2) is 5.17. The summed E-state index contributed by atoms with van der Waals surface area (Å²) in [4.78, 5) is 21.9. The molecule has 0 atom stereocenters. The quantitative estimate of drug-likeness (QED) is 0.632. The van der Waals surface area contributed by atoms with E-state index in [1.54, 1.807) is 6.07 Å². The van der Waals surface area contributed by atoms with E-state index in [0.29, 0.717) is 5.69 Å². The summed E-state index contributed by atoms with van der Waals surface area (Å²) in [5.74, 6) is -0.900. The molecule has 0 fully saturated rings. The van der Waals surface area contributed by atoms with Crippen LogP contribution in [0.5, 0.6) is 5.75 Å².